The average molecular weight is 282 g/mol. The second-order valence-electron chi connectivity index (χ2n) is 5.54. The highest BCUT2D eigenvalue weighted by Gasteiger charge is 2.15. The molecular formula is C17H22N4. The maximum Gasteiger partial charge on any atom is 0.140 e. The molecule has 0 aliphatic heterocycles. The van der Waals surface area contributed by atoms with Gasteiger partial charge in [0.2, 0.25) is 0 Å². The molecule has 0 saturated heterocycles. The van der Waals surface area contributed by atoms with E-state index in [-0.39, 0.29) is 5.84 Å². The van der Waals surface area contributed by atoms with Gasteiger partial charge in [0.15, 0.2) is 0 Å². The van der Waals surface area contributed by atoms with Gasteiger partial charge in [-0.3, -0.25) is 5.41 Å². The molecule has 0 radical (unpaired) electrons. The van der Waals surface area contributed by atoms with Crippen LogP contribution in [0.2, 0.25) is 0 Å². The molecule has 0 amide bonds. The Balaban J connectivity index is 2.39. The van der Waals surface area contributed by atoms with Crippen LogP contribution in [0.1, 0.15) is 27.9 Å². The van der Waals surface area contributed by atoms with Gasteiger partial charge in [0, 0.05) is 19.3 Å². The van der Waals surface area contributed by atoms with Crippen LogP contribution in [0.4, 0.5) is 5.82 Å². The number of nitrogens with zero attached hydrogens (tertiary/aromatic N) is 2. The van der Waals surface area contributed by atoms with E-state index < -0.39 is 0 Å². The quantitative estimate of drug-likeness (QED) is 0.669. The number of benzene rings is 1. The normalized spacial score (nSPS) is 10.5. The third-order valence-corrected chi connectivity index (χ3v) is 3.46. The van der Waals surface area contributed by atoms with E-state index in [1.165, 1.54) is 11.1 Å². The van der Waals surface area contributed by atoms with Gasteiger partial charge in [-0.05, 0) is 38.0 Å². The predicted octanol–water partition coefficient (Wildman–Crippen LogP) is 2.93. The molecule has 0 atom stereocenters. The summed E-state index contributed by atoms with van der Waals surface area (Å²) in [5.41, 5.74) is 10.8. The lowest BCUT2D eigenvalue weighted by molar-refractivity contribution is 0.886. The molecule has 0 aliphatic carbocycles. The molecule has 1 aromatic carbocycles. The van der Waals surface area contributed by atoms with Crippen molar-refractivity contribution >= 4 is 11.7 Å². The molecule has 3 N–H and O–H groups in total. The molecule has 4 heteroatoms. The number of aromatic nitrogens is 1. The van der Waals surface area contributed by atoms with E-state index >= 15 is 0 Å². The number of nitrogens with one attached hydrogen (secondary N) is 1. The van der Waals surface area contributed by atoms with Gasteiger partial charge in [0.1, 0.15) is 11.7 Å². The van der Waals surface area contributed by atoms with E-state index in [2.05, 4.69) is 36.2 Å². The predicted molar refractivity (Wildman–Crippen MR) is 88.0 cm³/mol. The Hall–Kier alpha value is -2.36. The summed E-state index contributed by atoms with van der Waals surface area (Å²) < 4.78 is 0. The lowest BCUT2D eigenvalue weighted by Crippen LogP contribution is -2.24. The van der Waals surface area contributed by atoms with Gasteiger partial charge < -0.3 is 10.6 Å². The summed E-state index contributed by atoms with van der Waals surface area (Å²) in [5.74, 6) is 0.826. The number of hydrogen-bond donors (Lipinski definition) is 2. The smallest absolute Gasteiger partial charge is 0.140 e. The monoisotopic (exact) mass is 282 g/mol. The van der Waals surface area contributed by atoms with Crippen LogP contribution in [0.5, 0.6) is 0 Å². The first-order valence-corrected chi connectivity index (χ1v) is 6.98. The minimum absolute atomic E-state index is 0.0612. The fraction of sp³-hybridized carbons (Fsp3) is 0.294. The van der Waals surface area contributed by atoms with Crippen molar-refractivity contribution in [1.82, 2.24) is 4.98 Å². The third-order valence-electron chi connectivity index (χ3n) is 3.46. The number of aryl methyl sites for hydroxylation is 3. The summed E-state index contributed by atoms with van der Waals surface area (Å²) in [7, 11) is 1.98. The van der Waals surface area contributed by atoms with Gasteiger partial charge in [0.05, 0.1) is 5.56 Å². The minimum Gasteiger partial charge on any atom is -0.384 e. The van der Waals surface area contributed by atoms with Crippen molar-refractivity contribution in [3.8, 4) is 0 Å². The fourth-order valence-corrected chi connectivity index (χ4v) is 2.59. The number of hydrogen-bond acceptors (Lipinski definition) is 3. The molecule has 1 aromatic heterocycles. The van der Waals surface area contributed by atoms with E-state index in [4.69, 9.17) is 11.1 Å². The maximum absolute atomic E-state index is 7.81. The third kappa shape index (κ3) is 3.40. The number of nitrogen functional groups attached to an aromatic ring is 1. The number of rotatable bonds is 4. The van der Waals surface area contributed by atoms with E-state index in [1.807, 2.05) is 31.9 Å². The number of nitrogens with two attached hydrogens (primary N) is 1. The first kappa shape index (κ1) is 15.0. The molecule has 0 bridgehead atoms. The van der Waals surface area contributed by atoms with Crippen LogP contribution < -0.4 is 10.6 Å². The Labute approximate surface area is 126 Å². The van der Waals surface area contributed by atoms with Crippen molar-refractivity contribution in [3.63, 3.8) is 0 Å². The summed E-state index contributed by atoms with van der Waals surface area (Å²) in [5, 5.41) is 7.81. The number of pyridine rings is 1. The Morgan fingerprint density at radius 3 is 2.57 bits per heavy atom. The summed E-state index contributed by atoms with van der Waals surface area (Å²) in [6.45, 7) is 6.74. The van der Waals surface area contributed by atoms with Gasteiger partial charge in [-0.1, -0.05) is 29.8 Å². The van der Waals surface area contributed by atoms with Gasteiger partial charge in [-0.2, -0.15) is 0 Å². The maximum atomic E-state index is 7.81. The zero-order chi connectivity index (χ0) is 15.6. The summed E-state index contributed by atoms with van der Waals surface area (Å²) in [4.78, 5) is 6.63. The zero-order valence-corrected chi connectivity index (χ0v) is 13.1. The second-order valence-corrected chi connectivity index (χ2v) is 5.54. The molecule has 0 aliphatic rings. The van der Waals surface area contributed by atoms with Crippen LogP contribution in [0, 0.1) is 26.2 Å². The largest absolute Gasteiger partial charge is 0.384 e. The van der Waals surface area contributed by atoms with Gasteiger partial charge in [-0.25, -0.2) is 4.98 Å². The molecule has 110 valence electrons. The van der Waals surface area contributed by atoms with Crippen molar-refractivity contribution in [1.29, 1.82) is 5.41 Å². The van der Waals surface area contributed by atoms with Crippen LogP contribution in [0.25, 0.3) is 0 Å². The van der Waals surface area contributed by atoms with Crippen LogP contribution in [0.15, 0.2) is 30.3 Å². The molecule has 0 spiro atoms. The zero-order valence-electron chi connectivity index (χ0n) is 13.1. The van der Waals surface area contributed by atoms with E-state index in [0.29, 0.717) is 0 Å². The minimum atomic E-state index is 0.0612. The average Bonchev–Trinajstić information content (AvgIpc) is 2.37. The fourth-order valence-electron chi connectivity index (χ4n) is 2.59. The van der Waals surface area contributed by atoms with Gasteiger partial charge in [0.25, 0.3) is 0 Å². The molecule has 4 nitrogen and oxygen atoms in total. The topological polar surface area (TPSA) is 66.0 Å². The van der Waals surface area contributed by atoms with Crippen molar-refractivity contribution in [2.24, 2.45) is 5.73 Å². The van der Waals surface area contributed by atoms with Gasteiger partial charge >= 0.3 is 0 Å². The van der Waals surface area contributed by atoms with Crippen LogP contribution >= 0.6 is 0 Å². The molecule has 2 aromatic rings. The van der Waals surface area contributed by atoms with Crippen molar-refractivity contribution in [2.45, 2.75) is 27.3 Å². The summed E-state index contributed by atoms with van der Waals surface area (Å²) in [6, 6.07) is 10.4. The Kier molecular flexibility index (Phi) is 4.26. The second kappa shape index (κ2) is 5.95. The van der Waals surface area contributed by atoms with Crippen molar-refractivity contribution in [2.75, 3.05) is 11.9 Å². The lowest BCUT2D eigenvalue weighted by atomic mass is 10.1. The molecule has 0 fully saturated rings. The molecule has 0 saturated carbocycles. The standard InChI is InChI=1S/C17H22N4/c1-11-6-5-7-14(8-11)10-21(4)17-15(16(18)19)12(2)9-13(3)20-17/h5-9H,10H2,1-4H3,(H3,18,19). The highest BCUT2D eigenvalue weighted by molar-refractivity contribution is 6.01. The molecule has 1 heterocycles. The number of amidine groups is 1. The van der Waals surface area contributed by atoms with Crippen LogP contribution in [0.3, 0.4) is 0 Å². The van der Waals surface area contributed by atoms with Crippen molar-refractivity contribution < 1.29 is 0 Å². The summed E-state index contributed by atoms with van der Waals surface area (Å²) >= 11 is 0. The first-order valence-electron chi connectivity index (χ1n) is 6.98. The van der Waals surface area contributed by atoms with E-state index in [0.717, 1.165) is 29.2 Å². The highest BCUT2D eigenvalue weighted by atomic mass is 15.2. The van der Waals surface area contributed by atoms with E-state index in [9.17, 15) is 0 Å². The Morgan fingerprint density at radius 2 is 1.95 bits per heavy atom. The SMILES string of the molecule is Cc1cccc(CN(C)c2nc(C)cc(C)c2C(=N)N)c1. The molecule has 0 unspecified atom stereocenters. The Bertz CT molecular complexity index is 676. The highest BCUT2D eigenvalue weighted by Crippen LogP contribution is 2.22. The van der Waals surface area contributed by atoms with E-state index in [1.54, 1.807) is 0 Å². The van der Waals surface area contributed by atoms with Crippen molar-refractivity contribution in [3.05, 3.63) is 58.3 Å². The molecule has 2 rings (SSSR count). The summed E-state index contributed by atoms with van der Waals surface area (Å²) in [6.07, 6.45) is 0. The first-order chi connectivity index (χ1) is 9.88. The van der Waals surface area contributed by atoms with Gasteiger partial charge in [-0.15, -0.1) is 0 Å². The molecular weight excluding hydrogens is 260 g/mol. The van der Waals surface area contributed by atoms with Crippen LogP contribution in [-0.4, -0.2) is 17.9 Å². The Morgan fingerprint density at radius 1 is 1.24 bits per heavy atom. The number of anilines is 1. The molecule has 21 heavy (non-hydrogen) atoms. The van der Waals surface area contributed by atoms with Crippen LogP contribution in [-0.2, 0) is 6.54 Å². The lowest BCUT2D eigenvalue weighted by Gasteiger charge is -2.23.